The summed E-state index contributed by atoms with van der Waals surface area (Å²) in [6, 6.07) is 18.2. The molecular weight excluding hydrogens is 811 g/mol. The molecule has 0 aliphatic carbocycles. The molecule has 5 rings (SSSR count). The molecule has 0 aliphatic rings. The Hall–Kier alpha value is -3.67. The van der Waals surface area contributed by atoms with E-state index in [-0.39, 0.29) is 47.9 Å². The molecule has 0 amide bonds. The number of aliphatic hydroxyl groups is 1. The first-order valence-electron chi connectivity index (χ1n) is 18.2. The summed E-state index contributed by atoms with van der Waals surface area (Å²) in [6.07, 6.45) is 11.0. The number of carbonyl (C=O) groups is 1. The van der Waals surface area contributed by atoms with Crippen molar-refractivity contribution in [2.24, 2.45) is 16.7 Å². The van der Waals surface area contributed by atoms with Gasteiger partial charge in [-0.3, -0.25) is 14.8 Å². The summed E-state index contributed by atoms with van der Waals surface area (Å²) in [5.74, 6) is 0.832. The summed E-state index contributed by atoms with van der Waals surface area (Å²) in [5, 5.41) is 13.4. The van der Waals surface area contributed by atoms with Crippen LogP contribution in [0.15, 0.2) is 77.5 Å². The first-order chi connectivity index (χ1) is 23.6. The molecule has 2 aromatic carbocycles. The molecule has 0 fully saturated rings. The molecule has 0 atom stereocenters. The van der Waals surface area contributed by atoms with Crippen LogP contribution in [-0.2, 0) is 36.7 Å². The maximum atomic E-state index is 12.2. The van der Waals surface area contributed by atoms with Gasteiger partial charge in [-0.2, -0.15) is 0 Å². The average molecular weight is 867 g/mol. The number of carbonyl (C=O) groups excluding carboxylic acids is 1. The number of ketones is 1. The Balaban J connectivity index is 0.000000335. The number of allylic oxidation sites excluding steroid dienone is 2. The van der Waals surface area contributed by atoms with Crippen LogP contribution in [0.5, 0.6) is 0 Å². The van der Waals surface area contributed by atoms with Crippen molar-refractivity contribution in [1.82, 2.24) is 15.0 Å². The number of aromatic nitrogens is 3. The molecule has 0 saturated heterocycles. The fraction of sp³-hybridized carbons (Fsp3) is 0.455. The van der Waals surface area contributed by atoms with Crippen LogP contribution in [0.2, 0.25) is 0 Å². The number of nitrogens with zero attached hydrogens (tertiary/aromatic N) is 3. The van der Waals surface area contributed by atoms with E-state index in [0.29, 0.717) is 5.92 Å². The van der Waals surface area contributed by atoms with Crippen LogP contribution in [0, 0.1) is 22.8 Å². The Labute approximate surface area is 319 Å². The van der Waals surface area contributed by atoms with Crippen molar-refractivity contribution in [3.8, 4) is 22.5 Å². The van der Waals surface area contributed by atoms with E-state index in [9.17, 15) is 9.90 Å². The minimum absolute atomic E-state index is 0. The summed E-state index contributed by atoms with van der Waals surface area (Å²) in [5.41, 5.74) is 6.11. The Morgan fingerprint density at radius 2 is 1.49 bits per heavy atom. The van der Waals surface area contributed by atoms with E-state index in [4.69, 9.17) is 4.42 Å². The van der Waals surface area contributed by atoms with Gasteiger partial charge in [0.25, 0.3) is 0 Å². The van der Waals surface area contributed by atoms with E-state index in [0.717, 1.165) is 76.7 Å². The third-order valence-corrected chi connectivity index (χ3v) is 10.5. The van der Waals surface area contributed by atoms with Crippen molar-refractivity contribution < 1.29 is 34.4 Å². The summed E-state index contributed by atoms with van der Waals surface area (Å²) < 4.78 is 5.88. The second-order valence-electron chi connectivity index (χ2n) is 15.5. The van der Waals surface area contributed by atoms with E-state index in [1.54, 1.807) is 12.6 Å². The van der Waals surface area contributed by atoms with Crippen molar-refractivity contribution in [1.29, 1.82) is 0 Å². The third-order valence-electron chi connectivity index (χ3n) is 10.5. The molecule has 5 aromatic rings. The first kappa shape index (κ1) is 41.7. The molecule has 0 bridgehead atoms. The molecule has 3 aromatic heterocycles. The number of rotatable bonds is 11. The van der Waals surface area contributed by atoms with Gasteiger partial charge < -0.3 is 9.52 Å². The van der Waals surface area contributed by atoms with Crippen LogP contribution in [0.25, 0.3) is 44.3 Å². The van der Waals surface area contributed by atoms with E-state index < -0.39 is 0 Å². The Bertz CT molecular complexity index is 1960. The molecule has 0 aliphatic heterocycles. The second kappa shape index (κ2) is 17.2. The largest absolute Gasteiger partial charge is 0.512 e. The molecule has 51 heavy (non-hydrogen) atoms. The van der Waals surface area contributed by atoms with Crippen molar-refractivity contribution >= 4 is 27.5 Å². The van der Waals surface area contributed by atoms with Crippen molar-refractivity contribution in [3.05, 3.63) is 90.4 Å². The van der Waals surface area contributed by atoms with Gasteiger partial charge in [0.2, 0.25) is 0 Å². The molecular formula is C44H56IrN3O3-. The molecule has 1 radical (unpaired) electrons. The third kappa shape index (κ3) is 9.61. The van der Waals surface area contributed by atoms with Gasteiger partial charge in [-0.15, -0.1) is 29.1 Å². The maximum absolute atomic E-state index is 12.2. The van der Waals surface area contributed by atoms with Gasteiger partial charge >= 0.3 is 0 Å². The molecule has 6 nitrogen and oxygen atoms in total. The predicted octanol–water partition coefficient (Wildman–Crippen LogP) is 12.0. The number of pyridine rings is 1. The van der Waals surface area contributed by atoms with Crippen LogP contribution in [-0.4, -0.2) is 25.8 Å². The summed E-state index contributed by atoms with van der Waals surface area (Å²) in [7, 11) is 0. The van der Waals surface area contributed by atoms with Crippen LogP contribution < -0.4 is 0 Å². The Morgan fingerprint density at radius 1 is 0.863 bits per heavy atom. The molecule has 0 saturated carbocycles. The molecule has 3 heterocycles. The minimum Gasteiger partial charge on any atom is -0.512 e. The molecule has 0 unspecified atom stereocenters. The molecule has 275 valence electrons. The van der Waals surface area contributed by atoms with Gasteiger partial charge in [0, 0.05) is 71.6 Å². The number of hydrogen-bond acceptors (Lipinski definition) is 6. The van der Waals surface area contributed by atoms with Crippen molar-refractivity contribution in [2.75, 3.05) is 0 Å². The Morgan fingerprint density at radius 3 is 2.10 bits per heavy atom. The van der Waals surface area contributed by atoms with Gasteiger partial charge in [0.1, 0.15) is 23.9 Å². The van der Waals surface area contributed by atoms with Gasteiger partial charge in [-0.05, 0) is 49.5 Å². The van der Waals surface area contributed by atoms with Crippen molar-refractivity contribution in [3.63, 3.8) is 0 Å². The van der Waals surface area contributed by atoms with E-state index in [1.807, 2.05) is 59.9 Å². The van der Waals surface area contributed by atoms with E-state index in [2.05, 4.69) is 86.0 Å². The first-order valence-corrected chi connectivity index (χ1v) is 18.2. The summed E-state index contributed by atoms with van der Waals surface area (Å²) in [6.45, 7) is 23.2. The SMILES string of the molecule is CC(C)Cc1cc2occ(-c3cc(-c4[c-]c5ccccc5c(C(C)(C)C)c4)ncn3)c2cn1.CCC(C)(CC)C(=O)/C=C(\O)C(C)(CC)CC.[Ir]. The number of benzene rings is 2. The normalized spacial score (nSPS) is 12.5. The fourth-order valence-electron chi connectivity index (χ4n) is 6.02. The predicted molar refractivity (Wildman–Crippen MR) is 207 cm³/mol. The van der Waals surface area contributed by atoms with E-state index >= 15 is 0 Å². The number of furan rings is 1. The summed E-state index contributed by atoms with van der Waals surface area (Å²) >= 11 is 0. The zero-order valence-electron chi connectivity index (χ0n) is 32.4. The fourth-order valence-corrected chi connectivity index (χ4v) is 6.02. The van der Waals surface area contributed by atoms with Crippen molar-refractivity contribution in [2.45, 2.75) is 114 Å². The zero-order valence-corrected chi connectivity index (χ0v) is 34.8. The quantitative estimate of drug-likeness (QED) is 0.0808. The average Bonchev–Trinajstić information content (AvgIpc) is 3.53. The topological polar surface area (TPSA) is 89.1 Å². The summed E-state index contributed by atoms with van der Waals surface area (Å²) in [4.78, 5) is 26.0. The van der Waals surface area contributed by atoms with Gasteiger partial charge in [0.05, 0.1) is 5.69 Å². The van der Waals surface area contributed by atoms with Crippen LogP contribution in [0.4, 0.5) is 0 Å². The maximum Gasteiger partial charge on any atom is 0.164 e. The minimum atomic E-state index is -0.337. The van der Waals surface area contributed by atoms with Gasteiger partial charge in [0.15, 0.2) is 5.78 Å². The smallest absolute Gasteiger partial charge is 0.164 e. The van der Waals surface area contributed by atoms with Gasteiger partial charge in [-0.1, -0.05) is 105 Å². The number of hydrogen-bond donors (Lipinski definition) is 1. The van der Waals surface area contributed by atoms with E-state index in [1.165, 1.54) is 17.0 Å². The van der Waals surface area contributed by atoms with Crippen LogP contribution >= 0.6 is 0 Å². The molecule has 0 spiro atoms. The number of fused-ring (bicyclic) bond motifs is 2. The Kier molecular flexibility index (Phi) is 14.1. The number of aliphatic hydroxyl groups excluding tert-OH is 1. The standard InChI is InChI=1S/C29H28N3O.C15H28O2.Ir/c1-18(2)10-21-13-28-23(15-30-21)24(16-33-28)27-14-26(31-17-32-27)20-11-19-8-6-7-9-22(19)25(12-20)29(3,4)5;1-7-14(5,8-2)12(16)11-13(17)15(6,9-3)10-4;/h6-9,12-18H,10H2,1-5H3;11,16H,7-10H2,1-6H3;/q-1;;/b;12-11-;. The van der Waals surface area contributed by atoms with Crippen LogP contribution in [0.1, 0.15) is 113 Å². The zero-order chi connectivity index (χ0) is 36.9. The molecule has 7 heteroatoms. The monoisotopic (exact) mass is 867 g/mol. The molecule has 1 N–H and O–H groups in total. The van der Waals surface area contributed by atoms with Gasteiger partial charge in [-0.25, -0.2) is 4.98 Å². The second-order valence-corrected chi connectivity index (χ2v) is 15.5. The van der Waals surface area contributed by atoms with Crippen LogP contribution in [0.3, 0.4) is 0 Å².